The van der Waals surface area contributed by atoms with Crippen molar-refractivity contribution >= 4 is 11.7 Å². The van der Waals surface area contributed by atoms with Gasteiger partial charge in [-0.3, -0.25) is 4.79 Å². The molecule has 1 aliphatic heterocycles. The Balaban J connectivity index is 1.50. The molecule has 5 heteroatoms. The second-order valence-corrected chi connectivity index (χ2v) is 7.12. The highest BCUT2D eigenvalue weighted by Crippen LogP contribution is 2.30. The fourth-order valence-electron chi connectivity index (χ4n) is 3.46. The lowest BCUT2D eigenvalue weighted by Gasteiger charge is -2.22. The summed E-state index contributed by atoms with van der Waals surface area (Å²) in [6.45, 7) is 4.78. The zero-order chi connectivity index (χ0) is 17.2. The average molecular weight is 336 g/mol. The van der Waals surface area contributed by atoms with Gasteiger partial charge in [0.15, 0.2) is 11.5 Å². The predicted molar refractivity (Wildman–Crippen MR) is 97.6 cm³/mol. The summed E-state index contributed by atoms with van der Waals surface area (Å²) in [4.78, 5) is 17.1. The van der Waals surface area contributed by atoms with Gasteiger partial charge in [-0.25, -0.2) is 0 Å². The molecule has 130 valence electrons. The van der Waals surface area contributed by atoms with Crippen molar-refractivity contribution in [2.24, 2.45) is 0 Å². The van der Waals surface area contributed by atoms with E-state index in [4.69, 9.17) is 0 Å². The van der Waals surface area contributed by atoms with E-state index >= 15 is 0 Å². The molecule has 4 rings (SSSR count). The molecule has 1 aliphatic carbocycles. The van der Waals surface area contributed by atoms with Crippen molar-refractivity contribution < 1.29 is 4.79 Å². The largest absolute Gasteiger partial charge is 0.355 e. The van der Waals surface area contributed by atoms with E-state index in [1.165, 1.54) is 24.0 Å². The molecule has 5 nitrogen and oxygen atoms in total. The van der Waals surface area contributed by atoms with Gasteiger partial charge in [-0.15, -0.1) is 10.2 Å². The van der Waals surface area contributed by atoms with Gasteiger partial charge in [0, 0.05) is 25.7 Å². The summed E-state index contributed by atoms with van der Waals surface area (Å²) in [6, 6.07) is 12.5. The lowest BCUT2D eigenvalue weighted by atomic mass is 10.1. The number of carbonyl (C=O) groups is 1. The van der Waals surface area contributed by atoms with Gasteiger partial charge in [-0.1, -0.05) is 29.8 Å². The van der Waals surface area contributed by atoms with Crippen molar-refractivity contribution in [1.29, 1.82) is 0 Å². The zero-order valence-corrected chi connectivity index (χ0v) is 14.7. The van der Waals surface area contributed by atoms with Crippen LogP contribution < -0.4 is 4.90 Å². The topological polar surface area (TPSA) is 49.3 Å². The van der Waals surface area contributed by atoms with Crippen LogP contribution in [0.25, 0.3) is 0 Å². The molecular formula is C20H24N4O. The molecule has 0 bridgehead atoms. The molecular weight excluding hydrogens is 312 g/mol. The molecule has 0 N–H and O–H groups in total. The van der Waals surface area contributed by atoms with Crippen LogP contribution in [0.2, 0.25) is 0 Å². The van der Waals surface area contributed by atoms with Crippen LogP contribution in [0.4, 0.5) is 5.82 Å². The van der Waals surface area contributed by atoms with Gasteiger partial charge in [0.1, 0.15) is 0 Å². The van der Waals surface area contributed by atoms with E-state index in [1.54, 1.807) is 0 Å². The van der Waals surface area contributed by atoms with Crippen molar-refractivity contribution in [3.8, 4) is 0 Å². The number of amides is 1. The Bertz CT molecular complexity index is 749. The lowest BCUT2D eigenvalue weighted by molar-refractivity contribution is 0.0722. The Hall–Kier alpha value is -2.43. The van der Waals surface area contributed by atoms with Crippen molar-refractivity contribution in [3.05, 3.63) is 53.2 Å². The molecule has 0 radical (unpaired) electrons. The first kappa shape index (κ1) is 16.1. The van der Waals surface area contributed by atoms with Crippen molar-refractivity contribution in [3.63, 3.8) is 0 Å². The smallest absolute Gasteiger partial charge is 0.274 e. The first-order chi connectivity index (χ1) is 12.2. The highest BCUT2D eigenvalue weighted by atomic mass is 16.2. The Labute approximate surface area is 148 Å². The first-order valence-corrected chi connectivity index (χ1v) is 9.16. The van der Waals surface area contributed by atoms with E-state index in [-0.39, 0.29) is 5.91 Å². The number of hydrogen-bond donors (Lipinski definition) is 0. The lowest BCUT2D eigenvalue weighted by Crippen LogP contribution is -2.33. The maximum absolute atomic E-state index is 13.0. The third-order valence-corrected chi connectivity index (χ3v) is 4.98. The summed E-state index contributed by atoms with van der Waals surface area (Å²) in [7, 11) is 0. The van der Waals surface area contributed by atoms with Crippen LogP contribution in [0.1, 0.15) is 47.3 Å². The number of aryl methyl sites for hydroxylation is 1. The normalized spacial score (nSPS) is 16.9. The molecule has 2 aromatic rings. The standard InChI is InChI=1S/C20H24N4O/c1-15-5-4-6-16(13-15)14-24(17-7-8-17)20(25)18-9-10-19(22-21-18)23-11-2-3-12-23/h4-6,9-10,13,17H,2-3,7-8,11-12,14H2,1H3. The van der Waals surface area contributed by atoms with Crippen LogP contribution in [-0.4, -0.2) is 40.1 Å². The van der Waals surface area contributed by atoms with Gasteiger partial charge < -0.3 is 9.80 Å². The van der Waals surface area contributed by atoms with Crippen molar-refractivity contribution in [1.82, 2.24) is 15.1 Å². The van der Waals surface area contributed by atoms with Gasteiger partial charge in [0.2, 0.25) is 0 Å². The number of benzene rings is 1. The minimum atomic E-state index is -0.00974. The highest BCUT2D eigenvalue weighted by Gasteiger charge is 2.33. The molecule has 1 aromatic carbocycles. The van der Waals surface area contributed by atoms with Gasteiger partial charge >= 0.3 is 0 Å². The molecule has 1 aromatic heterocycles. The van der Waals surface area contributed by atoms with E-state index in [0.29, 0.717) is 18.3 Å². The predicted octanol–water partition coefficient (Wildman–Crippen LogP) is 3.19. The molecule has 2 aliphatic rings. The quantitative estimate of drug-likeness (QED) is 0.841. The van der Waals surface area contributed by atoms with Crippen LogP contribution in [-0.2, 0) is 6.54 Å². The van der Waals surface area contributed by atoms with Crippen molar-refractivity contribution in [2.75, 3.05) is 18.0 Å². The maximum Gasteiger partial charge on any atom is 0.274 e. The van der Waals surface area contributed by atoms with Crippen LogP contribution >= 0.6 is 0 Å². The Morgan fingerprint density at radius 2 is 1.96 bits per heavy atom. The van der Waals surface area contributed by atoms with Crippen LogP contribution in [0.5, 0.6) is 0 Å². The van der Waals surface area contributed by atoms with E-state index in [0.717, 1.165) is 31.7 Å². The fourth-order valence-corrected chi connectivity index (χ4v) is 3.46. The fraction of sp³-hybridized carbons (Fsp3) is 0.450. The molecule has 0 atom stereocenters. The third-order valence-electron chi connectivity index (χ3n) is 4.98. The van der Waals surface area contributed by atoms with Gasteiger partial charge in [-0.05, 0) is 50.3 Å². The van der Waals surface area contributed by atoms with Crippen LogP contribution in [0, 0.1) is 6.92 Å². The average Bonchev–Trinajstić information content (AvgIpc) is 3.32. The minimum absolute atomic E-state index is 0.00974. The second kappa shape index (κ2) is 6.82. The molecule has 2 fully saturated rings. The maximum atomic E-state index is 13.0. The summed E-state index contributed by atoms with van der Waals surface area (Å²) < 4.78 is 0. The van der Waals surface area contributed by atoms with E-state index in [1.807, 2.05) is 23.1 Å². The molecule has 2 heterocycles. The minimum Gasteiger partial charge on any atom is -0.355 e. The third kappa shape index (κ3) is 3.65. The summed E-state index contributed by atoms with van der Waals surface area (Å²) >= 11 is 0. The number of anilines is 1. The molecule has 0 unspecified atom stereocenters. The number of carbonyl (C=O) groups excluding carboxylic acids is 1. The zero-order valence-electron chi connectivity index (χ0n) is 14.7. The summed E-state index contributed by atoms with van der Waals surface area (Å²) in [5.41, 5.74) is 2.83. The van der Waals surface area contributed by atoms with Gasteiger partial charge in [0.05, 0.1) is 0 Å². The number of rotatable bonds is 5. The molecule has 1 amide bonds. The molecule has 0 spiro atoms. The highest BCUT2D eigenvalue weighted by molar-refractivity contribution is 5.92. The van der Waals surface area contributed by atoms with Gasteiger partial charge in [0.25, 0.3) is 5.91 Å². The summed E-state index contributed by atoms with van der Waals surface area (Å²) in [5.74, 6) is 0.871. The summed E-state index contributed by atoms with van der Waals surface area (Å²) in [6.07, 6.45) is 4.57. The number of aromatic nitrogens is 2. The van der Waals surface area contributed by atoms with Crippen molar-refractivity contribution in [2.45, 2.75) is 45.2 Å². The Morgan fingerprint density at radius 3 is 2.60 bits per heavy atom. The molecule has 25 heavy (non-hydrogen) atoms. The molecule has 1 saturated heterocycles. The van der Waals surface area contributed by atoms with Crippen LogP contribution in [0.15, 0.2) is 36.4 Å². The van der Waals surface area contributed by atoms with E-state index in [2.05, 4.69) is 40.2 Å². The van der Waals surface area contributed by atoms with Crippen LogP contribution in [0.3, 0.4) is 0 Å². The number of hydrogen-bond acceptors (Lipinski definition) is 4. The second-order valence-electron chi connectivity index (χ2n) is 7.12. The Kier molecular flexibility index (Phi) is 4.38. The van der Waals surface area contributed by atoms with E-state index in [9.17, 15) is 4.79 Å². The monoisotopic (exact) mass is 336 g/mol. The summed E-state index contributed by atoms with van der Waals surface area (Å²) in [5, 5.41) is 8.52. The number of nitrogens with zero attached hydrogens (tertiary/aromatic N) is 4. The molecule has 1 saturated carbocycles. The van der Waals surface area contributed by atoms with E-state index < -0.39 is 0 Å². The SMILES string of the molecule is Cc1cccc(CN(C(=O)c2ccc(N3CCCC3)nn2)C2CC2)c1. The van der Waals surface area contributed by atoms with Gasteiger partial charge in [-0.2, -0.15) is 0 Å². The first-order valence-electron chi connectivity index (χ1n) is 9.16. The Morgan fingerprint density at radius 1 is 1.16 bits per heavy atom.